The summed E-state index contributed by atoms with van der Waals surface area (Å²) in [7, 11) is 0. The number of hydrogen-bond donors (Lipinski definition) is 0. The Morgan fingerprint density at radius 2 is 1.75 bits per heavy atom. The van der Waals surface area contributed by atoms with Gasteiger partial charge in [0.05, 0.1) is 5.57 Å². The van der Waals surface area contributed by atoms with Crippen molar-refractivity contribution in [3.8, 4) is 0 Å². The summed E-state index contributed by atoms with van der Waals surface area (Å²) in [5.74, 6) is 0. The summed E-state index contributed by atoms with van der Waals surface area (Å²) < 4.78 is 44.1. The van der Waals surface area contributed by atoms with Crippen LogP contribution in [0.4, 0.5) is 17.6 Å². The summed E-state index contributed by atoms with van der Waals surface area (Å²) in [5.41, 5.74) is -1.59. The highest BCUT2D eigenvalue weighted by atomic mass is 19.4. The zero-order valence-electron chi connectivity index (χ0n) is 3.80. The van der Waals surface area contributed by atoms with Crippen molar-refractivity contribution < 1.29 is 17.6 Å². The Labute approximate surface area is 43.8 Å². The van der Waals surface area contributed by atoms with E-state index < -0.39 is 18.4 Å². The molecule has 0 aromatic heterocycles. The minimum Gasteiger partial charge on any atom is -0.246 e. The molecule has 0 bridgehead atoms. The van der Waals surface area contributed by atoms with Crippen LogP contribution in [0.5, 0.6) is 0 Å². The fourth-order valence-corrected chi connectivity index (χ4v) is 0.0758. The fraction of sp³-hybridized carbons (Fsp3) is 0.500. The van der Waals surface area contributed by atoms with Gasteiger partial charge < -0.3 is 0 Å². The van der Waals surface area contributed by atoms with E-state index in [1.807, 2.05) is 0 Å². The lowest BCUT2D eigenvalue weighted by atomic mass is 10.3. The summed E-state index contributed by atoms with van der Waals surface area (Å²) >= 11 is 0. The molecule has 0 saturated heterocycles. The van der Waals surface area contributed by atoms with Gasteiger partial charge in [-0.05, 0) is 0 Å². The van der Waals surface area contributed by atoms with E-state index in [4.69, 9.17) is 0 Å². The third-order valence-corrected chi connectivity index (χ3v) is 0.508. The molecule has 0 spiro atoms. The summed E-state index contributed by atoms with van der Waals surface area (Å²) in [4.78, 5) is 0. The Morgan fingerprint density at radius 1 is 1.38 bits per heavy atom. The number of hydrogen-bond acceptors (Lipinski definition) is 0. The van der Waals surface area contributed by atoms with Crippen molar-refractivity contribution in [2.75, 3.05) is 6.67 Å². The van der Waals surface area contributed by atoms with Gasteiger partial charge in [-0.2, -0.15) is 13.2 Å². The molecular weight excluding hydrogens is 124 g/mol. The maximum Gasteiger partial charge on any atom is 0.415 e. The van der Waals surface area contributed by atoms with Crippen molar-refractivity contribution in [1.82, 2.24) is 0 Å². The molecule has 0 aliphatic carbocycles. The minimum atomic E-state index is -4.67. The number of halogens is 4. The number of rotatable bonds is 1. The molecule has 0 nitrogen and oxygen atoms in total. The van der Waals surface area contributed by atoms with Gasteiger partial charge in [0.1, 0.15) is 6.67 Å². The van der Waals surface area contributed by atoms with Gasteiger partial charge in [-0.1, -0.05) is 6.58 Å². The maximum atomic E-state index is 11.0. The van der Waals surface area contributed by atoms with Gasteiger partial charge in [0.25, 0.3) is 0 Å². The van der Waals surface area contributed by atoms with Crippen LogP contribution in [0.2, 0.25) is 0 Å². The average molecular weight is 127 g/mol. The van der Waals surface area contributed by atoms with Gasteiger partial charge in [-0.3, -0.25) is 0 Å². The van der Waals surface area contributed by atoms with E-state index in [1.165, 1.54) is 0 Å². The molecule has 0 amide bonds. The van der Waals surface area contributed by atoms with E-state index in [-0.39, 0.29) is 0 Å². The predicted octanol–water partition coefficient (Wildman–Crippen LogP) is 1.88. The molecule has 47 valence electrons. The van der Waals surface area contributed by atoms with Crippen molar-refractivity contribution in [3.63, 3.8) is 0 Å². The van der Waals surface area contributed by atoms with Gasteiger partial charge in [-0.15, -0.1) is 0 Å². The zero-order chi connectivity index (χ0) is 6.78. The van der Waals surface area contributed by atoms with Crippen LogP contribution in [0, 0.1) is 6.58 Å². The van der Waals surface area contributed by atoms with E-state index in [2.05, 4.69) is 6.58 Å². The molecule has 0 aliphatic heterocycles. The third kappa shape index (κ3) is 1.95. The number of alkyl halides is 4. The first kappa shape index (κ1) is 7.46. The molecule has 0 aromatic carbocycles. The maximum absolute atomic E-state index is 11.0. The second kappa shape index (κ2) is 2.15. The Morgan fingerprint density at radius 3 is 1.75 bits per heavy atom. The second-order valence-corrected chi connectivity index (χ2v) is 1.16. The van der Waals surface area contributed by atoms with Gasteiger partial charge in [0.2, 0.25) is 0 Å². The molecule has 0 aliphatic rings. The summed E-state index contributed by atoms with van der Waals surface area (Å²) in [6.45, 7) is 2.53. The van der Waals surface area contributed by atoms with Crippen LogP contribution >= 0.6 is 0 Å². The van der Waals surface area contributed by atoms with Gasteiger partial charge >= 0.3 is 6.18 Å². The molecule has 0 heterocycles. The van der Waals surface area contributed by atoms with Crippen LogP contribution in [0.15, 0.2) is 5.57 Å². The third-order valence-electron chi connectivity index (χ3n) is 0.508. The lowest BCUT2D eigenvalue weighted by molar-refractivity contribution is -0.0949. The first-order valence-electron chi connectivity index (χ1n) is 1.73. The average Bonchev–Trinajstić information content (AvgIpc) is 1.62. The molecule has 0 rings (SSSR count). The van der Waals surface area contributed by atoms with Crippen LogP contribution in [0.1, 0.15) is 0 Å². The summed E-state index contributed by atoms with van der Waals surface area (Å²) in [6.07, 6.45) is -4.67. The molecular formula is C4H3F4. The zero-order valence-corrected chi connectivity index (χ0v) is 3.80. The summed E-state index contributed by atoms with van der Waals surface area (Å²) in [5, 5.41) is 0. The Hall–Kier alpha value is -0.540. The Balaban J connectivity index is 3.82. The highest BCUT2D eigenvalue weighted by Crippen LogP contribution is 2.23. The fourth-order valence-electron chi connectivity index (χ4n) is 0.0758. The Kier molecular flexibility index (Phi) is 2.01. The quantitative estimate of drug-likeness (QED) is 0.472. The molecule has 4 heteroatoms. The molecule has 0 saturated carbocycles. The molecule has 8 heavy (non-hydrogen) atoms. The lowest BCUT2D eigenvalue weighted by Gasteiger charge is -2.03. The standard InChI is InChI=1S/C4H3F4/c1-3(2-5)4(6,7)8/h1H,2H2. The van der Waals surface area contributed by atoms with Crippen molar-refractivity contribution in [1.29, 1.82) is 0 Å². The molecule has 0 atom stereocenters. The normalized spacial score (nSPS) is 11.5. The van der Waals surface area contributed by atoms with Crippen LogP contribution < -0.4 is 0 Å². The second-order valence-electron chi connectivity index (χ2n) is 1.16. The predicted molar refractivity (Wildman–Crippen MR) is 19.8 cm³/mol. The van der Waals surface area contributed by atoms with Crippen molar-refractivity contribution >= 4 is 0 Å². The lowest BCUT2D eigenvalue weighted by Crippen LogP contribution is -2.11. The van der Waals surface area contributed by atoms with Crippen LogP contribution in [0.25, 0.3) is 0 Å². The van der Waals surface area contributed by atoms with E-state index >= 15 is 0 Å². The topological polar surface area (TPSA) is 0 Å². The van der Waals surface area contributed by atoms with Gasteiger partial charge in [0, 0.05) is 0 Å². The van der Waals surface area contributed by atoms with Gasteiger partial charge in [0.15, 0.2) is 0 Å². The largest absolute Gasteiger partial charge is 0.415 e. The highest BCUT2D eigenvalue weighted by Gasteiger charge is 2.31. The molecule has 0 N–H and O–H groups in total. The van der Waals surface area contributed by atoms with E-state index in [9.17, 15) is 17.6 Å². The monoisotopic (exact) mass is 127 g/mol. The smallest absolute Gasteiger partial charge is 0.246 e. The van der Waals surface area contributed by atoms with Crippen molar-refractivity contribution in [3.05, 3.63) is 12.2 Å². The van der Waals surface area contributed by atoms with Crippen molar-refractivity contribution in [2.45, 2.75) is 6.18 Å². The van der Waals surface area contributed by atoms with E-state index in [1.54, 1.807) is 0 Å². The van der Waals surface area contributed by atoms with Crippen molar-refractivity contribution in [2.24, 2.45) is 0 Å². The highest BCUT2D eigenvalue weighted by molar-refractivity contribution is 4.99. The van der Waals surface area contributed by atoms with Crippen LogP contribution in [-0.2, 0) is 0 Å². The number of allylic oxidation sites excluding steroid dienone is 1. The van der Waals surface area contributed by atoms with Crippen LogP contribution in [0.3, 0.4) is 0 Å². The molecule has 0 unspecified atom stereocenters. The van der Waals surface area contributed by atoms with Crippen LogP contribution in [-0.4, -0.2) is 12.9 Å². The van der Waals surface area contributed by atoms with Gasteiger partial charge in [-0.25, -0.2) is 4.39 Å². The molecule has 0 fully saturated rings. The summed E-state index contributed by atoms with van der Waals surface area (Å²) in [6, 6.07) is 0. The molecule has 0 aromatic rings. The first-order valence-corrected chi connectivity index (χ1v) is 1.73. The SMILES string of the molecule is [CH]=C(CF)C(F)(F)F. The van der Waals surface area contributed by atoms with E-state index in [0.717, 1.165) is 0 Å². The first-order chi connectivity index (χ1) is 3.48. The minimum absolute atomic E-state index is 1.59. The molecule has 1 radical (unpaired) electrons. The van der Waals surface area contributed by atoms with E-state index in [0.29, 0.717) is 0 Å². The Bertz CT molecular complexity index is 90.7.